The predicted octanol–water partition coefficient (Wildman–Crippen LogP) is 13.7. The third kappa shape index (κ3) is 5.03. The summed E-state index contributed by atoms with van der Waals surface area (Å²) in [6.07, 6.45) is 1.92. The molecule has 0 unspecified atom stereocenters. The van der Waals surface area contributed by atoms with E-state index in [-0.39, 0.29) is 0 Å². The van der Waals surface area contributed by atoms with E-state index in [1.807, 2.05) is 6.20 Å². The summed E-state index contributed by atoms with van der Waals surface area (Å²) in [5, 5.41) is 7.24. The summed E-state index contributed by atoms with van der Waals surface area (Å²) in [7, 11) is 0. The maximum absolute atomic E-state index is 5.29. The maximum atomic E-state index is 5.29. The Kier molecular flexibility index (Phi) is 6.86. The molecule has 0 aliphatic carbocycles. The summed E-state index contributed by atoms with van der Waals surface area (Å²) in [5.74, 6) is 0. The van der Waals surface area contributed by atoms with Crippen LogP contribution in [0.2, 0.25) is 0 Å². The Bertz CT molecular complexity index is 3410. The molecule has 0 saturated heterocycles. The number of hydrogen-bond acceptors (Lipinski definition) is 2. The molecule has 57 heavy (non-hydrogen) atoms. The van der Waals surface area contributed by atoms with Gasteiger partial charge in [0.15, 0.2) is 0 Å². The zero-order chi connectivity index (χ0) is 37.5. The van der Waals surface area contributed by atoms with Gasteiger partial charge in [-0.25, -0.2) is 4.98 Å². The van der Waals surface area contributed by atoms with Crippen molar-refractivity contribution in [3.8, 4) is 56.0 Å². The van der Waals surface area contributed by atoms with Gasteiger partial charge in [0.2, 0.25) is 0 Å². The van der Waals surface area contributed by atoms with Crippen LogP contribution in [0, 0.1) is 0 Å². The molecule has 0 amide bonds. The third-order valence-electron chi connectivity index (χ3n) is 11.6. The second kappa shape index (κ2) is 12.4. The van der Waals surface area contributed by atoms with E-state index in [1.165, 1.54) is 32.3 Å². The molecule has 0 fully saturated rings. The second-order valence-electron chi connectivity index (χ2n) is 14.8. The molecule has 0 aliphatic rings. The van der Waals surface area contributed by atoms with E-state index in [2.05, 4.69) is 191 Å². The molecule has 5 heterocycles. The summed E-state index contributed by atoms with van der Waals surface area (Å²) in [4.78, 5) is 21.3. The highest BCUT2D eigenvalue weighted by molar-refractivity contribution is 6.13. The minimum Gasteiger partial charge on any atom is -0.355 e. The van der Waals surface area contributed by atoms with Gasteiger partial charge in [0, 0.05) is 82.8 Å². The fourth-order valence-electron chi connectivity index (χ4n) is 8.90. The van der Waals surface area contributed by atoms with Crippen molar-refractivity contribution in [2.45, 2.75) is 0 Å². The number of aromatic amines is 3. The van der Waals surface area contributed by atoms with E-state index in [9.17, 15) is 0 Å². The van der Waals surface area contributed by atoms with E-state index in [0.29, 0.717) is 0 Å². The highest BCUT2D eigenvalue weighted by Crippen LogP contribution is 2.43. The van der Waals surface area contributed by atoms with Crippen molar-refractivity contribution in [2.75, 3.05) is 0 Å². The van der Waals surface area contributed by atoms with E-state index in [4.69, 9.17) is 9.97 Å². The molecule has 0 saturated carbocycles. The quantitative estimate of drug-likeness (QED) is 0.165. The zero-order valence-electron chi connectivity index (χ0n) is 30.7. The number of nitrogens with zero attached hydrogens (tertiary/aromatic N) is 2. The van der Waals surface area contributed by atoms with E-state index < -0.39 is 0 Å². The summed E-state index contributed by atoms with van der Waals surface area (Å²) < 4.78 is 0. The van der Waals surface area contributed by atoms with Crippen LogP contribution in [-0.4, -0.2) is 24.9 Å². The van der Waals surface area contributed by atoms with Crippen molar-refractivity contribution in [1.29, 1.82) is 0 Å². The Morgan fingerprint density at radius 1 is 0.316 bits per heavy atom. The van der Waals surface area contributed by atoms with Gasteiger partial charge in [-0.05, 0) is 89.0 Å². The minimum atomic E-state index is 0.890. The third-order valence-corrected chi connectivity index (χ3v) is 11.6. The first kappa shape index (κ1) is 31.6. The van der Waals surface area contributed by atoms with Gasteiger partial charge in [-0.15, -0.1) is 0 Å². The lowest BCUT2D eigenvalue weighted by molar-refractivity contribution is 1.29. The second-order valence-corrected chi connectivity index (χ2v) is 14.8. The molecule has 5 aromatic heterocycles. The molecule has 5 nitrogen and oxygen atoms in total. The first-order valence-corrected chi connectivity index (χ1v) is 19.3. The molecule has 7 aromatic carbocycles. The molecule has 266 valence electrons. The molecule has 0 spiro atoms. The minimum absolute atomic E-state index is 0.890. The van der Waals surface area contributed by atoms with Crippen molar-refractivity contribution >= 4 is 65.4 Å². The largest absolute Gasteiger partial charge is 0.355 e. The predicted molar refractivity (Wildman–Crippen MR) is 237 cm³/mol. The molecule has 12 rings (SSSR count). The summed E-state index contributed by atoms with van der Waals surface area (Å²) in [6, 6.07) is 62.6. The van der Waals surface area contributed by atoms with Gasteiger partial charge >= 0.3 is 0 Å². The van der Waals surface area contributed by atoms with E-state index in [0.717, 1.165) is 89.1 Å². The fraction of sp³-hybridized carbons (Fsp3) is 0. The Balaban J connectivity index is 1.05. The topological polar surface area (TPSA) is 73.2 Å². The van der Waals surface area contributed by atoms with Crippen LogP contribution in [0.15, 0.2) is 182 Å². The number of benzene rings is 7. The average molecular weight is 728 g/mol. The summed E-state index contributed by atoms with van der Waals surface area (Å²) >= 11 is 0. The van der Waals surface area contributed by atoms with Gasteiger partial charge < -0.3 is 15.0 Å². The van der Waals surface area contributed by atoms with Crippen LogP contribution >= 0.6 is 0 Å². The summed E-state index contributed by atoms with van der Waals surface area (Å²) in [6.45, 7) is 0. The van der Waals surface area contributed by atoms with Crippen LogP contribution < -0.4 is 0 Å². The number of rotatable bonds is 5. The Morgan fingerprint density at radius 2 is 0.825 bits per heavy atom. The molecule has 0 atom stereocenters. The van der Waals surface area contributed by atoms with Gasteiger partial charge in [-0.2, -0.15) is 0 Å². The maximum Gasteiger partial charge on any atom is 0.0730 e. The molecule has 12 aromatic rings. The number of pyridine rings is 2. The lowest BCUT2D eigenvalue weighted by Gasteiger charge is -2.17. The van der Waals surface area contributed by atoms with E-state index >= 15 is 0 Å². The number of hydrogen-bond donors (Lipinski definition) is 3. The molecular weight excluding hydrogens is 695 g/mol. The lowest BCUT2D eigenvalue weighted by atomic mass is 9.88. The normalized spacial score (nSPS) is 11.9. The Hall–Kier alpha value is -7.76. The monoisotopic (exact) mass is 727 g/mol. The van der Waals surface area contributed by atoms with Crippen LogP contribution in [0.4, 0.5) is 0 Å². The van der Waals surface area contributed by atoms with Crippen molar-refractivity contribution < 1.29 is 0 Å². The number of fused-ring (bicyclic) bond motifs is 9. The average Bonchev–Trinajstić information content (AvgIpc) is 3.97. The van der Waals surface area contributed by atoms with Gasteiger partial charge in [0.25, 0.3) is 0 Å². The van der Waals surface area contributed by atoms with E-state index in [1.54, 1.807) is 0 Å². The number of para-hydroxylation sites is 4. The van der Waals surface area contributed by atoms with Crippen molar-refractivity contribution in [3.63, 3.8) is 0 Å². The molecule has 0 radical (unpaired) electrons. The molecule has 3 N–H and O–H groups in total. The first-order chi connectivity index (χ1) is 28.2. The molecule has 5 heteroatoms. The first-order valence-electron chi connectivity index (χ1n) is 19.3. The molecule has 0 bridgehead atoms. The van der Waals surface area contributed by atoms with Crippen LogP contribution in [-0.2, 0) is 0 Å². The van der Waals surface area contributed by atoms with Crippen LogP contribution in [0.5, 0.6) is 0 Å². The number of aromatic nitrogens is 5. The van der Waals surface area contributed by atoms with Gasteiger partial charge in [0.1, 0.15) is 0 Å². The standard InChI is InChI=1S/C52H33N5/c1-6-19-46-36(10-1)39-15-8-16-40(52(39)57-46)47-21-9-20-43(54-47)33-26-27-53-50(30-33)51-34(31-22-24-48-41(28-31)37-11-2-4-17-44(37)55-48)13-7-14-35(51)32-23-25-49-42(29-32)38-12-3-5-18-45(38)56-49/h1-30,55-57H. The van der Waals surface area contributed by atoms with Crippen molar-refractivity contribution in [1.82, 2.24) is 24.9 Å². The van der Waals surface area contributed by atoms with Crippen LogP contribution in [0.25, 0.3) is 121 Å². The molecular formula is C52H33N5. The number of H-pyrrole nitrogens is 3. The highest BCUT2D eigenvalue weighted by Gasteiger charge is 2.19. The smallest absolute Gasteiger partial charge is 0.0730 e. The van der Waals surface area contributed by atoms with Crippen LogP contribution in [0.1, 0.15) is 0 Å². The van der Waals surface area contributed by atoms with Crippen LogP contribution in [0.3, 0.4) is 0 Å². The van der Waals surface area contributed by atoms with Gasteiger partial charge in [-0.3, -0.25) is 4.98 Å². The SMILES string of the molecule is c1cc(-c2ccnc(-c3c(-c4ccc5[nH]c6ccccc6c5c4)cccc3-c3ccc4[nH]c5ccccc5c4c3)c2)nc(-c2cccc3c2[nH]c2ccccc23)c1. The Morgan fingerprint density at radius 3 is 1.49 bits per heavy atom. The molecule has 0 aliphatic heterocycles. The van der Waals surface area contributed by atoms with Gasteiger partial charge in [0.05, 0.1) is 22.6 Å². The van der Waals surface area contributed by atoms with Crippen molar-refractivity contribution in [2.24, 2.45) is 0 Å². The number of nitrogens with one attached hydrogen (secondary N) is 3. The Labute approximate surface area is 327 Å². The fourth-order valence-corrected chi connectivity index (χ4v) is 8.90. The highest BCUT2D eigenvalue weighted by atomic mass is 14.8. The summed E-state index contributed by atoms with van der Waals surface area (Å²) in [5.41, 5.74) is 17.1. The van der Waals surface area contributed by atoms with Gasteiger partial charge in [-0.1, -0.05) is 109 Å². The zero-order valence-corrected chi connectivity index (χ0v) is 30.7. The lowest BCUT2D eigenvalue weighted by Crippen LogP contribution is -1.95. The van der Waals surface area contributed by atoms with Crippen molar-refractivity contribution in [3.05, 3.63) is 182 Å².